The summed E-state index contributed by atoms with van der Waals surface area (Å²) in [7, 11) is 1.42. The highest BCUT2D eigenvalue weighted by Gasteiger charge is 2.39. The first kappa shape index (κ1) is 30.2. The second-order valence-electron chi connectivity index (χ2n) is 11.2. The number of rotatable bonds is 5. The molecule has 0 radical (unpaired) electrons. The van der Waals surface area contributed by atoms with E-state index in [9.17, 15) is 14.4 Å². The Labute approximate surface area is 262 Å². The number of fused-ring (bicyclic) bond motifs is 2. The van der Waals surface area contributed by atoms with E-state index in [2.05, 4.69) is 20.9 Å². The Kier molecular flexibility index (Phi) is 7.56. The third-order valence-electron chi connectivity index (χ3n) is 8.65. The van der Waals surface area contributed by atoms with Crippen LogP contribution in [0, 0.1) is 43.7 Å². The number of aryl methyl sites for hydroxylation is 3. The van der Waals surface area contributed by atoms with Gasteiger partial charge in [0.05, 0.1) is 35.2 Å². The molecule has 5 aromatic rings. The van der Waals surface area contributed by atoms with Crippen LogP contribution in [-0.4, -0.2) is 62.7 Å². The molecule has 1 aliphatic heterocycles. The molecule has 0 saturated carbocycles. The van der Waals surface area contributed by atoms with Crippen molar-refractivity contribution in [2.75, 3.05) is 30.8 Å². The molecule has 1 amide bonds. The summed E-state index contributed by atoms with van der Waals surface area (Å²) in [5.41, 5.74) is 8.05. The number of nitrogens with zero attached hydrogens (tertiary/aromatic N) is 7. The Balaban J connectivity index is 1.48. The quantitative estimate of drug-likeness (QED) is 0.239. The first-order chi connectivity index (χ1) is 21.5. The largest absolute Gasteiger partial charge is 0.467 e. The number of anilines is 2. The molecule has 4 heterocycles. The van der Waals surface area contributed by atoms with Crippen molar-refractivity contribution in [3.8, 4) is 23.2 Å². The second-order valence-corrected chi connectivity index (χ2v) is 12.3. The van der Waals surface area contributed by atoms with Crippen molar-refractivity contribution in [1.82, 2.24) is 24.4 Å². The summed E-state index contributed by atoms with van der Waals surface area (Å²) in [6.07, 6.45) is 2.41. The number of likely N-dealkylation sites (N-methyl/N-ethyl adjacent to an activating group) is 1. The maximum absolute atomic E-state index is 16.8. The Hall–Kier alpha value is -4.83. The number of methoxy groups -OCH3 is 1. The van der Waals surface area contributed by atoms with E-state index >= 15 is 4.39 Å². The van der Waals surface area contributed by atoms with Crippen LogP contribution in [0.15, 0.2) is 24.4 Å². The molecule has 3 aromatic heterocycles. The van der Waals surface area contributed by atoms with Gasteiger partial charge in [-0.25, -0.2) is 18.6 Å². The number of carbonyl (C=O) groups is 1. The van der Waals surface area contributed by atoms with Gasteiger partial charge in [-0.1, -0.05) is 6.07 Å². The van der Waals surface area contributed by atoms with Gasteiger partial charge in [0.15, 0.2) is 5.82 Å². The molecular weight excluding hydrogens is 598 g/mol. The van der Waals surface area contributed by atoms with E-state index in [1.54, 1.807) is 24.6 Å². The fourth-order valence-corrected chi connectivity index (χ4v) is 7.52. The van der Waals surface area contributed by atoms with Gasteiger partial charge < -0.3 is 20.3 Å². The second kappa shape index (κ2) is 11.3. The number of carbonyl (C=O) groups excluding carboxylic acids is 1. The van der Waals surface area contributed by atoms with Gasteiger partial charge in [-0.05, 0) is 64.3 Å². The Bertz CT molecular complexity index is 2050. The summed E-state index contributed by atoms with van der Waals surface area (Å²) in [6.45, 7) is 10.4. The molecule has 1 saturated heterocycles. The fraction of sp³-hybridized carbons (Fsp3) is 0.344. The molecule has 13 heteroatoms. The third kappa shape index (κ3) is 4.71. The van der Waals surface area contributed by atoms with Crippen LogP contribution in [0.1, 0.15) is 42.9 Å². The normalized spacial score (nSPS) is 16.5. The summed E-state index contributed by atoms with van der Waals surface area (Å²) in [5, 5.41) is 10.7. The SMILES string of the molecule is CCN(c1nc(OC)nc2c(F)c(-c3ccc(F)c4sc(N)c(C#N)c34)c(C)cc12)C1CCN(C(=O)n2cc(C)nc2C)C1C. The van der Waals surface area contributed by atoms with Crippen LogP contribution >= 0.6 is 11.3 Å². The highest BCUT2D eigenvalue weighted by Crippen LogP contribution is 2.44. The van der Waals surface area contributed by atoms with Crippen molar-refractivity contribution in [3.05, 3.63) is 58.7 Å². The topological polar surface area (TPSA) is 126 Å². The number of hydrogen-bond acceptors (Lipinski definition) is 9. The number of likely N-dealkylation sites (tertiary alicyclic amines) is 1. The maximum atomic E-state index is 16.8. The Morgan fingerprint density at radius 1 is 1.24 bits per heavy atom. The molecule has 1 fully saturated rings. The molecular formula is C32H32F2N8O2S. The van der Waals surface area contributed by atoms with E-state index in [-0.39, 0.29) is 55.9 Å². The smallest absolute Gasteiger partial charge is 0.329 e. The number of nitrogens with two attached hydrogens (primary N) is 1. The monoisotopic (exact) mass is 630 g/mol. The Morgan fingerprint density at radius 2 is 2.00 bits per heavy atom. The van der Waals surface area contributed by atoms with E-state index in [1.165, 1.54) is 19.2 Å². The summed E-state index contributed by atoms with van der Waals surface area (Å²) < 4.78 is 38.8. The van der Waals surface area contributed by atoms with Crippen LogP contribution in [0.2, 0.25) is 0 Å². The van der Waals surface area contributed by atoms with Crippen LogP contribution < -0.4 is 15.4 Å². The van der Waals surface area contributed by atoms with Gasteiger partial charge in [-0.15, -0.1) is 11.3 Å². The maximum Gasteiger partial charge on any atom is 0.329 e. The van der Waals surface area contributed by atoms with Gasteiger partial charge in [-0.3, -0.25) is 4.57 Å². The number of imidazole rings is 1. The minimum Gasteiger partial charge on any atom is -0.467 e. The van der Waals surface area contributed by atoms with Crippen LogP contribution in [0.4, 0.5) is 24.4 Å². The standard InChI is InChI=1S/C32H32F2N8O2S/c1-7-40(23-10-11-41(17(23)4)32(43)42-14-16(3)37-18(42)5)30-20-12-15(2)24(26(34)27(20)38-31(39-30)44-6)19-8-9-22(33)28-25(19)21(13-35)29(36)45-28/h8-9,12,14,17,23H,7,10-11,36H2,1-6H3. The van der Waals surface area contributed by atoms with Gasteiger partial charge in [0.25, 0.3) is 0 Å². The highest BCUT2D eigenvalue weighted by molar-refractivity contribution is 7.23. The number of halogens is 2. The number of ether oxygens (including phenoxy) is 1. The number of nitriles is 1. The lowest BCUT2D eigenvalue weighted by Crippen LogP contribution is -2.47. The van der Waals surface area contributed by atoms with E-state index in [0.29, 0.717) is 47.7 Å². The van der Waals surface area contributed by atoms with Crippen LogP contribution in [0.25, 0.3) is 32.1 Å². The summed E-state index contributed by atoms with van der Waals surface area (Å²) in [6, 6.07) is 6.10. The van der Waals surface area contributed by atoms with Gasteiger partial charge in [0, 0.05) is 35.6 Å². The predicted molar refractivity (Wildman–Crippen MR) is 171 cm³/mol. The number of benzene rings is 2. The lowest BCUT2D eigenvalue weighted by atomic mass is 9.93. The van der Waals surface area contributed by atoms with Gasteiger partial charge in [0.2, 0.25) is 0 Å². The molecule has 10 nitrogen and oxygen atoms in total. The number of nitrogen functional groups attached to an aromatic ring is 1. The molecule has 45 heavy (non-hydrogen) atoms. The molecule has 0 spiro atoms. The van der Waals surface area contributed by atoms with Gasteiger partial charge >= 0.3 is 12.0 Å². The molecule has 2 N–H and O–H groups in total. The van der Waals surface area contributed by atoms with E-state index < -0.39 is 11.6 Å². The third-order valence-corrected chi connectivity index (χ3v) is 9.68. The summed E-state index contributed by atoms with van der Waals surface area (Å²) in [5.74, 6) is -0.0753. The van der Waals surface area contributed by atoms with Gasteiger partial charge in [-0.2, -0.15) is 15.2 Å². The number of aromatic nitrogens is 4. The fourth-order valence-electron chi connectivity index (χ4n) is 6.57. The lowest BCUT2D eigenvalue weighted by Gasteiger charge is -2.34. The Morgan fingerprint density at radius 3 is 2.64 bits per heavy atom. The van der Waals surface area contributed by atoms with E-state index in [4.69, 9.17) is 15.5 Å². The lowest BCUT2D eigenvalue weighted by molar-refractivity contribution is 0.195. The zero-order chi connectivity index (χ0) is 32.3. The van der Waals surface area contributed by atoms with Crippen LogP contribution in [0.3, 0.4) is 0 Å². The summed E-state index contributed by atoms with van der Waals surface area (Å²) >= 11 is 0.959. The predicted octanol–water partition coefficient (Wildman–Crippen LogP) is 6.33. The van der Waals surface area contributed by atoms with Crippen molar-refractivity contribution in [1.29, 1.82) is 5.26 Å². The number of amides is 1. The van der Waals surface area contributed by atoms with Crippen molar-refractivity contribution in [3.63, 3.8) is 0 Å². The van der Waals surface area contributed by atoms with Crippen molar-refractivity contribution in [2.45, 2.75) is 53.1 Å². The van der Waals surface area contributed by atoms with Gasteiger partial charge in [0.1, 0.15) is 34.0 Å². The molecule has 1 aliphatic rings. The molecule has 2 atom stereocenters. The molecule has 0 bridgehead atoms. The zero-order valence-electron chi connectivity index (χ0n) is 25.8. The molecule has 2 unspecified atom stereocenters. The molecule has 6 rings (SSSR count). The minimum atomic E-state index is -0.646. The minimum absolute atomic E-state index is 0.0190. The molecule has 2 aromatic carbocycles. The van der Waals surface area contributed by atoms with Crippen molar-refractivity contribution >= 4 is 49.2 Å². The molecule has 232 valence electrons. The van der Waals surface area contributed by atoms with E-state index in [1.807, 2.05) is 31.7 Å². The highest BCUT2D eigenvalue weighted by atomic mass is 32.1. The first-order valence-electron chi connectivity index (χ1n) is 14.6. The summed E-state index contributed by atoms with van der Waals surface area (Å²) in [4.78, 5) is 30.9. The van der Waals surface area contributed by atoms with Crippen LogP contribution in [-0.2, 0) is 0 Å². The number of hydrogen-bond donors (Lipinski definition) is 1. The van der Waals surface area contributed by atoms with Crippen LogP contribution in [0.5, 0.6) is 6.01 Å². The first-order valence-corrected chi connectivity index (χ1v) is 15.4. The zero-order valence-corrected chi connectivity index (χ0v) is 26.6. The molecule has 0 aliphatic carbocycles. The number of thiophene rings is 1. The van der Waals surface area contributed by atoms with E-state index in [0.717, 1.165) is 17.0 Å². The average Bonchev–Trinajstić information content (AvgIpc) is 3.68. The van der Waals surface area contributed by atoms with Crippen molar-refractivity contribution in [2.24, 2.45) is 0 Å². The van der Waals surface area contributed by atoms with Crippen molar-refractivity contribution < 1.29 is 18.3 Å². The average molecular weight is 631 g/mol.